The van der Waals surface area contributed by atoms with E-state index in [1.165, 1.54) is 16.7 Å². The van der Waals surface area contributed by atoms with Crippen molar-refractivity contribution in [1.82, 2.24) is 15.1 Å². The third kappa shape index (κ3) is 5.29. The fraction of sp³-hybridized carbons (Fsp3) is 0.346. The lowest BCUT2D eigenvalue weighted by Gasteiger charge is -2.36. The van der Waals surface area contributed by atoms with Crippen molar-refractivity contribution in [1.29, 1.82) is 0 Å². The number of aryl methyl sites for hydroxylation is 3. The SMILES string of the molecule is Cc1cc(C)c(-c2ccc(N3CCN(C(=O)C(C)Oc4ccc(Cl)cc4Cl)CC3)nn2)cc1C. The van der Waals surface area contributed by atoms with Gasteiger partial charge in [-0.2, -0.15) is 0 Å². The molecule has 1 unspecified atom stereocenters. The monoisotopic (exact) mass is 498 g/mol. The number of aromatic nitrogens is 2. The number of piperazine rings is 1. The molecule has 1 aliphatic rings. The highest BCUT2D eigenvalue weighted by molar-refractivity contribution is 6.35. The fourth-order valence-electron chi connectivity index (χ4n) is 4.10. The standard InChI is InChI=1S/C26H28Cl2N4O2/c1-16-13-18(3)21(14-17(16)2)23-6-8-25(30-29-23)31-9-11-32(12-10-31)26(33)19(4)34-24-7-5-20(27)15-22(24)28/h5-8,13-15,19H,9-12H2,1-4H3. The molecule has 6 nitrogen and oxygen atoms in total. The van der Waals surface area contributed by atoms with Crippen molar-refractivity contribution in [2.75, 3.05) is 31.1 Å². The van der Waals surface area contributed by atoms with Gasteiger partial charge in [-0.15, -0.1) is 10.2 Å². The summed E-state index contributed by atoms with van der Waals surface area (Å²) in [6, 6.07) is 13.3. The highest BCUT2D eigenvalue weighted by Gasteiger charge is 2.27. The Labute approximate surface area is 210 Å². The molecule has 0 radical (unpaired) electrons. The minimum Gasteiger partial charge on any atom is -0.479 e. The minimum absolute atomic E-state index is 0.0719. The van der Waals surface area contributed by atoms with Crippen molar-refractivity contribution in [2.24, 2.45) is 0 Å². The molecule has 0 aliphatic carbocycles. The normalized spacial score (nSPS) is 14.8. The lowest BCUT2D eigenvalue weighted by atomic mass is 9.99. The van der Waals surface area contributed by atoms with E-state index in [0.29, 0.717) is 42.0 Å². The van der Waals surface area contributed by atoms with Crippen molar-refractivity contribution >= 4 is 34.9 Å². The van der Waals surface area contributed by atoms with Gasteiger partial charge in [0.2, 0.25) is 0 Å². The molecule has 0 saturated carbocycles. The molecule has 3 aromatic rings. The van der Waals surface area contributed by atoms with E-state index >= 15 is 0 Å². The quantitative estimate of drug-likeness (QED) is 0.465. The van der Waals surface area contributed by atoms with Gasteiger partial charge in [0.25, 0.3) is 5.91 Å². The smallest absolute Gasteiger partial charge is 0.263 e. The Bertz CT molecular complexity index is 1190. The van der Waals surface area contributed by atoms with Crippen LogP contribution < -0.4 is 9.64 Å². The van der Waals surface area contributed by atoms with Crippen LogP contribution in [0.5, 0.6) is 5.75 Å². The van der Waals surface area contributed by atoms with Gasteiger partial charge in [-0.05, 0) is 80.8 Å². The Morgan fingerprint density at radius 3 is 2.26 bits per heavy atom. The van der Waals surface area contributed by atoms with Gasteiger partial charge >= 0.3 is 0 Å². The Morgan fingerprint density at radius 1 is 0.912 bits per heavy atom. The van der Waals surface area contributed by atoms with E-state index in [9.17, 15) is 4.79 Å². The first-order valence-electron chi connectivity index (χ1n) is 11.3. The predicted octanol–water partition coefficient (Wildman–Crippen LogP) is 5.49. The van der Waals surface area contributed by atoms with Crippen molar-refractivity contribution in [3.8, 4) is 17.0 Å². The Kier molecular flexibility index (Phi) is 7.29. The molecule has 0 spiro atoms. The maximum atomic E-state index is 12.9. The molecule has 1 amide bonds. The number of amides is 1. The topological polar surface area (TPSA) is 58.6 Å². The summed E-state index contributed by atoms with van der Waals surface area (Å²) >= 11 is 12.1. The van der Waals surface area contributed by atoms with Crippen LogP contribution in [0.3, 0.4) is 0 Å². The molecular weight excluding hydrogens is 471 g/mol. The molecule has 4 rings (SSSR count). The highest BCUT2D eigenvalue weighted by Crippen LogP contribution is 2.29. The zero-order chi connectivity index (χ0) is 24.4. The number of halogens is 2. The molecule has 2 aromatic carbocycles. The van der Waals surface area contributed by atoms with E-state index in [1.54, 1.807) is 25.1 Å². The summed E-state index contributed by atoms with van der Waals surface area (Å²) in [5.74, 6) is 1.19. The minimum atomic E-state index is -0.648. The third-order valence-corrected chi connectivity index (χ3v) is 6.76. The molecule has 0 N–H and O–H groups in total. The van der Waals surface area contributed by atoms with Gasteiger partial charge in [0.15, 0.2) is 11.9 Å². The van der Waals surface area contributed by atoms with Crippen LogP contribution in [0.25, 0.3) is 11.3 Å². The third-order valence-electron chi connectivity index (χ3n) is 6.23. The number of ether oxygens (including phenoxy) is 1. The molecular formula is C26H28Cl2N4O2. The van der Waals surface area contributed by atoms with E-state index in [1.807, 2.05) is 17.0 Å². The summed E-state index contributed by atoms with van der Waals surface area (Å²) < 4.78 is 5.79. The maximum absolute atomic E-state index is 12.9. The van der Waals surface area contributed by atoms with Gasteiger partial charge in [-0.1, -0.05) is 29.3 Å². The molecule has 1 saturated heterocycles. The molecule has 1 fully saturated rings. The second-order valence-corrected chi connectivity index (χ2v) is 9.52. The highest BCUT2D eigenvalue weighted by atomic mass is 35.5. The van der Waals surface area contributed by atoms with Crippen molar-refractivity contribution in [3.05, 3.63) is 69.2 Å². The van der Waals surface area contributed by atoms with Gasteiger partial charge in [-0.3, -0.25) is 4.79 Å². The van der Waals surface area contributed by atoms with Crippen LogP contribution in [0.15, 0.2) is 42.5 Å². The summed E-state index contributed by atoms with van der Waals surface area (Å²) in [6.07, 6.45) is -0.648. The number of carbonyl (C=O) groups excluding carboxylic acids is 1. The molecule has 1 aromatic heterocycles. The van der Waals surface area contributed by atoms with Crippen LogP contribution in [-0.4, -0.2) is 53.3 Å². The van der Waals surface area contributed by atoms with Crippen molar-refractivity contribution < 1.29 is 9.53 Å². The first kappa shape index (κ1) is 24.3. The summed E-state index contributed by atoms with van der Waals surface area (Å²) in [7, 11) is 0. The number of benzene rings is 2. The number of nitrogens with zero attached hydrogens (tertiary/aromatic N) is 4. The number of carbonyl (C=O) groups is 1. The lowest BCUT2D eigenvalue weighted by Crippen LogP contribution is -2.52. The first-order chi connectivity index (χ1) is 16.2. The lowest BCUT2D eigenvalue weighted by molar-refractivity contribution is -0.138. The number of hydrogen-bond acceptors (Lipinski definition) is 5. The predicted molar refractivity (Wildman–Crippen MR) is 137 cm³/mol. The van der Waals surface area contributed by atoms with Crippen LogP contribution in [0.2, 0.25) is 10.0 Å². The van der Waals surface area contributed by atoms with E-state index in [2.05, 4.69) is 48.0 Å². The fourth-order valence-corrected chi connectivity index (χ4v) is 4.55. The number of rotatable bonds is 5. The maximum Gasteiger partial charge on any atom is 0.263 e. The van der Waals surface area contributed by atoms with E-state index in [0.717, 1.165) is 17.1 Å². The Morgan fingerprint density at radius 2 is 1.62 bits per heavy atom. The zero-order valence-corrected chi connectivity index (χ0v) is 21.3. The average Bonchev–Trinajstić information content (AvgIpc) is 2.83. The Balaban J connectivity index is 1.36. The first-order valence-corrected chi connectivity index (χ1v) is 12.1. The molecule has 1 atom stereocenters. The van der Waals surface area contributed by atoms with Crippen LogP contribution in [-0.2, 0) is 4.79 Å². The van der Waals surface area contributed by atoms with Crippen LogP contribution >= 0.6 is 23.2 Å². The Hall–Kier alpha value is -2.83. The summed E-state index contributed by atoms with van der Waals surface area (Å²) in [6.45, 7) is 10.6. The van der Waals surface area contributed by atoms with Gasteiger partial charge in [0.1, 0.15) is 5.75 Å². The van der Waals surface area contributed by atoms with E-state index in [-0.39, 0.29) is 5.91 Å². The van der Waals surface area contributed by atoms with E-state index < -0.39 is 6.10 Å². The van der Waals surface area contributed by atoms with Crippen LogP contribution in [0, 0.1) is 20.8 Å². The van der Waals surface area contributed by atoms with Gasteiger partial charge in [0.05, 0.1) is 10.7 Å². The van der Waals surface area contributed by atoms with Crippen LogP contribution in [0.1, 0.15) is 23.6 Å². The van der Waals surface area contributed by atoms with Crippen molar-refractivity contribution in [3.63, 3.8) is 0 Å². The molecule has 178 valence electrons. The average molecular weight is 499 g/mol. The summed E-state index contributed by atoms with van der Waals surface area (Å²) in [5, 5.41) is 9.86. The second kappa shape index (κ2) is 10.2. The van der Waals surface area contributed by atoms with E-state index in [4.69, 9.17) is 27.9 Å². The number of hydrogen-bond donors (Lipinski definition) is 0. The van der Waals surface area contributed by atoms with Gasteiger partial charge in [0, 0.05) is 36.8 Å². The van der Waals surface area contributed by atoms with Crippen molar-refractivity contribution in [2.45, 2.75) is 33.8 Å². The van der Waals surface area contributed by atoms with Gasteiger partial charge in [-0.25, -0.2) is 0 Å². The molecule has 0 bridgehead atoms. The molecule has 2 heterocycles. The number of anilines is 1. The zero-order valence-electron chi connectivity index (χ0n) is 19.8. The molecule has 34 heavy (non-hydrogen) atoms. The summed E-state index contributed by atoms with van der Waals surface area (Å²) in [4.78, 5) is 16.9. The molecule has 8 heteroatoms. The molecule has 1 aliphatic heterocycles. The largest absolute Gasteiger partial charge is 0.479 e. The second-order valence-electron chi connectivity index (χ2n) is 8.68. The van der Waals surface area contributed by atoms with Gasteiger partial charge < -0.3 is 14.5 Å². The summed E-state index contributed by atoms with van der Waals surface area (Å²) in [5.41, 5.74) is 5.67. The van der Waals surface area contributed by atoms with Crippen LogP contribution in [0.4, 0.5) is 5.82 Å².